The Morgan fingerprint density at radius 3 is 2.85 bits per heavy atom. The molecule has 1 heterocycles. The Morgan fingerprint density at radius 1 is 1.31 bits per heavy atom. The van der Waals surface area contributed by atoms with Crippen molar-refractivity contribution in [2.75, 3.05) is 6.54 Å². The highest BCUT2D eigenvalue weighted by Crippen LogP contribution is 2.25. The van der Waals surface area contributed by atoms with Gasteiger partial charge in [-0.3, -0.25) is 0 Å². The summed E-state index contributed by atoms with van der Waals surface area (Å²) < 4.78 is 3.30. The first-order chi connectivity index (χ1) is 6.33. The van der Waals surface area contributed by atoms with Gasteiger partial charge in [-0.05, 0) is 22.0 Å². The maximum absolute atomic E-state index is 5.52. The van der Waals surface area contributed by atoms with Crippen molar-refractivity contribution in [3.63, 3.8) is 0 Å². The molecule has 0 bridgehead atoms. The average Bonchev–Trinajstić information content (AvgIpc) is 2.46. The first-order valence-electron chi connectivity index (χ1n) is 4.26. The zero-order valence-electron chi connectivity index (χ0n) is 7.20. The van der Waals surface area contributed by atoms with Gasteiger partial charge >= 0.3 is 0 Å². The minimum atomic E-state index is 0.672. The van der Waals surface area contributed by atoms with E-state index in [0.717, 1.165) is 11.0 Å². The van der Waals surface area contributed by atoms with Gasteiger partial charge in [0.15, 0.2) is 0 Å². The van der Waals surface area contributed by atoms with Crippen molar-refractivity contribution in [3.8, 4) is 0 Å². The van der Waals surface area contributed by atoms with E-state index >= 15 is 0 Å². The molecule has 1 aromatic carbocycles. The number of nitrogens with zero attached hydrogens (tertiary/aromatic N) is 1. The van der Waals surface area contributed by atoms with E-state index in [2.05, 4.69) is 38.8 Å². The van der Waals surface area contributed by atoms with Gasteiger partial charge in [0.1, 0.15) is 0 Å². The molecule has 0 atom stereocenters. The Labute approximate surface area is 85.5 Å². The fourth-order valence-electron chi connectivity index (χ4n) is 1.53. The van der Waals surface area contributed by atoms with Crippen LogP contribution in [-0.4, -0.2) is 11.1 Å². The van der Waals surface area contributed by atoms with Crippen LogP contribution in [0.3, 0.4) is 0 Å². The smallest absolute Gasteiger partial charge is 0.0492 e. The van der Waals surface area contributed by atoms with E-state index in [1.807, 2.05) is 12.1 Å². The molecule has 68 valence electrons. The highest BCUT2D eigenvalue weighted by Gasteiger charge is 2.03. The molecule has 0 fully saturated rings. The number of halogens is 1. The molecule has 0 radical (unpaired) electrons. The molecule has 0 saturated carbocycles. The minimum Gasteiger partial charge on any atom is -0.345 e. The molecule has 2 aromatic rings. The highest BCUT2D eigenvalue weighted by molar-refractivity contribution is 9.10. The fourth-order valence-corrected chi connectivity index (χ4v) is 2.11. The Kier molecular flexibility index (Phi) is 2.38. The van der Waals surface area contributed by atoms with Gasteiger partial charge in [-0.1, -0.05) is 18.2 Å². The standard InChI is InChI=1S/C10H11BrN2/c11-9-7-13(6-5-12)10-4-2-1-3-8(9)10/h1-4,7H,5-6,12H2. The first-order valence-corrected chi connectivity index (χ1v) is 5.05. The summed E-state index contributed by atoms with van der Waals surface area (Å²) >= 11 is 3.53. The zero-order valence-corrected chi connectivity index (χ0v) is 8.79. The van der Waals surface area contributed by atoms with Crippen LogP contribution in [0.5, 0.6) is 0 Å². The molecule has 0 amide bonds. The summed E-state index contributed by atoms with van der Waals surface area (Å²) in [4.78, 5) is 0. The number of nitrogens with two attached hydrogens (primary N) is 1. The van der Waals surface area contributed by atoms with E-state index < -0.39 is 0 Å². The Balaban J connectivity index is 2.63. The van der Waals surface area contributed by atoms with Gasteiger partial charge in [0.05, 0.1) is 0 Å². The lowest BCUT2D eigenvalue weighted by Gasteiger charge is -2.00. The topological polar surface area (TPSA) is 30.9 Å². The number of aromatic nitrogens is 1. The van der Waals surface area contributed by atoms with Crippen LogP contribution in [0, 0.1) is 0 Å². The second-order valence-corrected chi connectivity index (χ2v) is 3.83. The van der Waals surface area contributed by atoms with Crippen molar-refractivity contribution in [1.82, 2.24) is 4.57 Å². The molecule has 2 nitrogen and oxygen atoms in total. The zero-order chi connectivity index (χ0) is 9.26. The van der Waals surface area contributed by atoms with Crippen LogP contribution < -0.4 is 5.73 Å². The largest absolute Gasteiger partial charge is 0.345 e. The van der Waals surface area contributed by atoms with Crippen molar-refractivity contribution < 1.29 is 0 Å². The van der Waals surface area contributed by atoms with Crippen LogP contribution >= 0.6 is 15.9 Å². The molecule has 13 heavy (non-hydrogen) atoms. The normalized spacial score (nSPS) is 10.9. The third-order valence-electron chi connectivity index (χ3n) is 2.11. The molecule has 0 spiro atoms. The number of hydrogen-bond donors (Lipinski definition) is 1. The van der Waals surface area contributed by atoms with E-state index in [4.69, 9.17) is 5.73 Å². The van der Waals surface area contributed by atoms with Crippen molar-refractivity contribution >= 4 is 26.8 Å². The van der Waals surface area contributed by atoms with E-state index in [1.54, 1.807) is 0 Å². The maximum atomic E-state index is 5.52. The van der Waals surface area contributed by atoms with Crippen LogP contribution in [0.4, 0.5) is 0 Å². The van der Waals surface area contributed by atoms with E-state index in [9.17, 15) is 0 Å². The Bertz CT molecular complexity index is 420. The van der Waals surface area contributed by atoms with Gasteiger partial charge < -0.3 is 10.3 Å². The number of fused-ring (bicyclic) bond motifs is 1. The fraction of sp³-hybridized carbons (Fsp3) is 0.200. The number of benzene rings is 1. The van der Waals surface area contributed by atoms with Crippen LogP contribution in [0.1, 0.15) is 0 Å². The molecular formula is C10H11BrN2. The monoisotopic (exact) mass is 238 g/mol. The third kappa shape index (κ3) is 1.49. The summed E-state index contributed by atoms with van der Waals surface area (Å²) in [5, 5.41) is 1.25. The Morgan fingerprint density at radius 2 is 2.08 bits per heavy atom. The lowest BCUT2D eigenvalue weighted by molar-refractivity contribution is 0.734. The molecule has 2 N–H and O–H groups in total. The minimum absolute atomic E-state index is 0.672. The molecule has 0 aliphatic heterocycles. The van der Waals surface area contributed by atoms with Crippen LogP contribution in [0.15, 0.2) is 34.9 Å². The van der Waals surface area contributed by atoms with Crippen molar-refractivity contribution in [2.45, 2.75) is 6.54 Å². The van der Waals surface area contributed by atoms with Crippen LogP contribution in [0.2, 0.25) is 0 Å². The van der Waals surface area contributed by atoms with Gasteiger partial charge in [0, 0.05) is 34.7 Å². The van der Waals surface area contributed by atoms with Crippen molar-refractivity contribution in [1.29, 1.82) is 0 Å². The van der Waals surface area contributed by atoms with Gasteiger partial charge in [-0.25, -0.2) is 0 Å². The SMILES string of the molecule is NCCn1cc(Br)c2ccccc21. The summed E-state index contributed by atoms with van der Waals surface area (Å²) in [5.41, 5.74) is 6.76. The summed E-state index contributed by atoms with van der Waals surface area (Å²) in [7, 11) is 0. The van der Waals surface area contributed by atoms with E-state index in [1.165, 1.54) is 10.9 Å². The van der Waals surface area contributed by atoms with E-state index in [0.29, 0.717) is 6.54 Å². The van der Waals surface area contributed by atoms with Gasteiger partial charge in [-0.15, -0.1) is 0 Å². The average molecular weight is 239 g/mol. The summed E-state index contributed by atoms with van der Waals surface area (Å²) in [6.07, 6.45) is 2.08. The van der Waals surface area contributed by atoms with Crippen molar-refractivity contribution in [2.24, 2.45) is 5.73 Å². The van der Waals surface area contributed by atoms with E-state index in [-0.39, 0.29) is 0 Å². The molecule has 0 saturated heterocycles. The maximum Gasteiger partial charge on any atom is 0.0492 e. The number of rotatable bonds is 2. The number of hydrogen-bond acceptors (Lipinski definition) is 1. The van der Waals surface area contributed by atoms with Gasteiger partial charge in [-0.2, -0.15) is 0 Å². The predicted octanol–water partition coefficient (Wildman–Crippen LogP) is 2.36. The predicted molar refractivity (Wildman–Crippen MR) is 58.7 cm³/mol. The summed E-state index contributed by atoms with van der Waals surface area (Å²) in [6.45, 7) is 1.54. The lowest BCUT2D eigenvalue weighted by Crippen LogP contribution is -2.08. The third-order valence-corrected chi connectivity index (χ3v) is 2.74. The molecule has 0 aliphatic rings. The van der Waals surface area contributed by atoms with Crippen LogP contribution in [-0.2, 0) is 6.54 Å². The first kappa shape index (κ1) is 8.78. The number of para-hydroxylation sites is 1. The molecule has 0 aliphatic carbocycles. The second-order valence-electron chi connectivity index (χ2n) is 2.98. The highest BCUT2D eigenvalue weighted by atomic mass is 79.9. The Hall–Kier alpha value is -0.800. The molecule has 0 unspecified atom stereocenters. The lowest BCUT2D eigenvalue weighted by atomic mass is 10.2. The molecule has 2 rings (SSSR count). The molecule has 3 heteroatoms. The van der Waals surface area contributed by atoms with Gasteiger partial charge in [0.2, 0.25) is 0 Å². The molecule has 1 aromatic heterocycles. The quantitative estimate of drug-likeness (QED) is 0.856. The van der Waals surface area contributed by atoms with Crippen molar-refractivity contribution in [3.05, 3.63) is 34.9 Å². The second kappa shape index (κ2) is 3.52. The van der Waals surface area contributed by atoms with Gasteiger partial charge in [0.25, 0.3) is 0 Å². The summed E-state index contributed by atoms with van der Waals surface area (Å²) in [5.74, 6) is 0. The molecular weight excluding hydrogens is 228 g/mol. The van der Waals surface area contributed by atoms with Crippen LogP contribution in [0.25, 0.3) is 10.9 Å². The summed E-state index contributed by atoms with van der Waals surface area (Å²) in [6, 6.07) is 8.30.